The molecular formula is C24H24F2N8O4. The zero-order valence-corrected chi connectivity index (χ0v) is 20.4. The average molecular weight is 527 g/mol. The maximum atomic E-state index is 16.0. The Morgan fingerprint density at radius 2 is 1.89 bits per heavy atom. The summed E-state index contributed by atoms with van der Waals surface area (Å²) in [5.41, 5.74) is 5.78. The molecule has 0 radical (unpaired) electrons. The van der Waals surface area contributed by atoms with E-state index in [1.54, 1.807) is 30.3 Å². The Hall–Kier alpha value is -5.01. The van der Waals surface area contributed by atoms with Gasteiger partial charge in [-0.25, -0.2) is 23.5 Å². The number of rotatable bonds is 11. The number of nitrogens with two attached hydrogens (primary N) is 1. The first-order valence-corrected chi connectivity index (χ1v) is 11.2. The number of benzene rings is 2. The number of hydrogen-bond donors (Lipinski definition) is 4. The van der Waals surface area contributed by atoms with Gasteiger partial charge in [0.15, 0.2) is 17.4 Å². The molecule has 2 aromatic carbocycles. The smallest absolute Gasteiger partial charge is 0.350 e. The van der Waals surface area contributed by atoms with Crippen LogP contribution in [0.25, 0.3) is 5.95 Å². The molecule has 1 unspecified atom stereocenters. The fraction of sp³-hybridized carbons (Fsp3) is 0.208. The molecule has 2 aromatic heterocycles. The van der Waals surface area contributed by atoms with Crippen LogP contribution in [0.4, 0.5) is 14.5 Å². The molecule has 4 aromatic rings. The lowest BCUT2D eigenvalue weighted by molar-refractivity contribution is 0.243. The van der Waals surface area contributed by atoms with E-state index in [-0.39, 0.29) is 40.4 Å². The third-order valence-corrected chi connectivity index (χ3v) is 5.39. The van der Waals surface area contributed by atoms with Gasteiger partial charge in [0.25, 0.3) is 5.95 Å². The maximum Gasteiger partial charge on any atom is 0.350 e. The first-order valence-electron chi connectivity index (χ1n) is 11.2. The Labute approximate surface area is 214 Å². The summed E-state index contributed by atoms with van der Waals surface area (Å²) in [6.45, 7) is -1.30. The Morgan fingerprint density at radius 1 is 1.18 bits per heavy atom. The van der Waals surface area contributed by atoms with Gasteiger partial charge < -0.3 is 25.3 Å². The SMILES string of the molecule is COc1cc(C(Nc2ccc(C(=N)N)cc2)c2nn(-c3ncccn3)c(=O)[nH]2)c(F)c(OCCF)c1OC. The van der Waals surface area contributed by atoms with Gasteiger partial charge in [-0.2, -0.15) is 0 Å². The Morgan fingerprint density at radius 3 is 2.50 bits per heavy atom. The van der Waals surface area contributed by atoms with Crippen LogP contribution in [-0.4, -0.2) is 58.1 Å². The van der Waals surface area contributed by atoms with E-state index in [2.05, 4.69) is 25.4 Å². The van der Waals surface area contributed by atoms with Gasteiger partial charge in [0.2, 0.25) is 11.5 Å². The van der Waals surface area contributed by atoms with Crippen molar-refractivity contribution < 1.29 is 23.0 Å². The number of anilines is 1. The highest BCUT2D eigenvalue weighted by Gasteiger charge is 2.30. The number of nitrogen functional groups attached to an aromatic ring is 1. The number of aromatic amines is 1. The van der Waals surface area contributed by atoms with Crippen LogP contribution in [0.15, 0.2) is 53.6 Å². The van der Waals surface area contributed by atoms with Gasteiger partial charge in [-0.05, 0) is 36.4 Å². The number of ether oxygens (including phenoxy) is 3. The molecule has 0 bridgehead atoms. The zero-order valence-electron chi connectivity index (χ0n) is 20.4. The van der Waals surface area contributed by atoms with Crippen molar-refractivity contribution in [2.75, 3.05) is 32.8 Å². The highest BCUT2D eigenvalue weighted by molar-refractivity contribution is 5.95. The Balaban J connectivity index is 1.89. The van der Waals surface area contributed by atoms with Crippen LogP contribution in [-0.2, 0) is 0 Å². The van der Waals surface area contributed by atoms with E-state index in [1.807, 2.05) is 0 Å². The monoisotopic (exact) mass is 526 g/mol. The van der Waals surface area contributed by atoms with Crippen LogP contribution in [0.1, 0.15) is 23.0 Å². The highest BCUT2D eigenvalue weighted by Crippen LogP contribution is 2.44. The molecule has 2 heterocycles. The number of methoxy groups -OCH3 is 2. The summed E-state index contributed by atoms with van der Waals surface area (Å²) in [6, 6.07) is 8.26. The average Bonchev–Trinajstić information content (AvgIpc) is 3.32. The van der Waals surface area contributed by atoms with E-state index >= 15 is 4.39 Å². The van der Waals surface area contributed by atoms with Crippen molar-refractivity contribution in [3.05, 3.63) is 82.0 Å². The van der Waals surface area contributed by atoms with Crippen LogP contribution in [0, 0.1) is 11.2 Å². The number of halogens is 2. The first kappa shape index (κ1) is 26.1. The number of nitrogens with zero attached hydrogens (tertiary/aromatic N) is 4. The summed E-state index contributed by atoms with van der Waals surface area (Å²) in [6.07, 6.45) is 2.88. The van der Waals surface area contributed by atoms with E-state index in [0.717, 1.165) is 4.68 Å². The second-order valence-corrected chi connectivity index (χ2v) is 7.73. The van der Waals surface area contributed by atoms with Gasteiger partial charge >= 0.3 is 5.69 Å². The number of nitrogens with one attached hydrogen (secondary N) is 3. The number of hydrogen-bond acceptors (Lipinski definition) is 9. The van der Waals surface area contributed by atoms with Crippen LogP contribution < -0.4 is 31.0 Å². The molecule has 12 nitrogen and oxygen atoms in total. The number of amidine groups is 1. The standard InChI is InChI=1S/C24H24F2N8O4/c1-36-16-12-15(17(26)20(19(16)37-2)38-11-8-25)18(31-14-6-4-13(5-7-14)21(27)28)22-32-24(35)34(33-22)23-29-9-3-10-30-23/h3-7,9-10,12,18,31H,8,11H2,1-2H3,(H3,27,28)(H,32,33,35). The highest BCUT2D eigenvalue weighted by atomic mass is 19.1. The van der Waals surface area contributed by atoms with Gasteiger partial charge in [-0.15, -0.1) is 9.78 Å². The van der Waals surface area contributed by atoms with Gasteiger partial charge in [0.1, 0.15) is 25.2 Å². The number of alkyl halides is 1. The van der Waals surface area contributed by atoms with Crippen molar-refractivity contribution >= 4 is 11.5 Å². The van der Waals surface area contributed by atoms with Crippen molar-refractivity contribution in [2.45, 2.75) is 6.04 Å². The normalized spacial score (nSPS) is 11.6. The topological polar surface area (TPSA) is 166 Å². The lowest BCUT2D eigenvalue weighted by Crippen LogP contribution is -2.18. The number of H-pyrrole nitrogens is 1. The second kappa shape index (κ2) is 11.4. The van der Waals surface area contributed by atoms with Crippen molar-refractivity contribution in [1.29, 1.82) is 5.41 Å². The summed E-state index contributed by atoms with van der Waals surface area (Å²) >= 11 is 0. The minimum absolute atomic E-state index is 0.000610. The van der Waals surface area contributed by atoms with Crippen molar-refractivity contribution in [3.63, 3.8) is 0 Å². The lowest BCUT2D eigenvalue weighted by Gasteiger charge is -2.22. The largest absolute Gasteiger partial charge is 0.493 e. The molecule has 14 heteroatoms. The van der Waals surface area contributed by atoms with E-state index in [1.165, 1.54) is 32.7 Å². The molecule has 0 amide bonds. The Bertz CT molecular complexity index is 1480. The van der Waals surface area contributed by atoms with E-state index in [4.69, 9.17) is 25.4 Å². The van der Waals surface area contributed by atoms with Crippen LogP contribution >= 0.6 is 0 Å². The van der Waals surface area contributed by atoms with Gasteiger partial charge in [-0.3, -0.25) is 10.4 Å². The summed E-state index contributed by atoms with van der Waals surface area (Å²) in [4.78, 5) is 23.4. The van der Waals surface area contributed by atoms with Crippen LogP contribution in [0.5, 0.6) is 17.2 Å². The van der Waals surface area contributed by atoms with E-state index in [9.17, 15) is 9.18 Å². The Kier molecular flexibility index (Phi) is 7.80. The maximum absolute atomic E-state index is 16.0. The molecule has 0 fully saturated rings. The van der Waals surface area contributed by atoms with Crippen molar-refractivity contribution in [2.24, 2.45) is 5.73 Å². The fourth-order valence-corrected chi connectivity index (χ4v) is 3.65. The van der Waals surface area contributed by atoms with E-state index in [0.29, 0.717) is 11.3 Å². The summed E-state index contributed by atoms with van der Waals surface area (Å²) in [5, 5.41) is 15.0. The van der Waals surface area contributed by atoms with Crippen molar-refractivity contribution in [3.8, 4) is 23.2 Å². The van der Waals surface area contributed by atoms with Gasteiger partial charge in [0.05, 0.1) is 14.2 Å². The fourth-order valence-electron chi connectivity index (χ4n) is 3.65. The third-order valence-electron chi connectivity index (χ3n) is 5.39. The minimum Gasteiger partial charge on any atom is -0.493 e. The lowest BCUT2D eigenvalue weighted by atomic mass is 10.0. The first-order chi connectivity index (χ1) is 18.4. The molecule has 0 aliphatic carbocycles. The molecule has 4 rings (SSSR count). The second-order valence-electron chi connectivity index (χ2n) is 7.73. The van der Waals surface area contributed by atoms with Gasteiger partial charge in [0, 0.05) is 29.2 Å². The molecule has 5 N–H and O–H groups in total. The summed E-state index contributed by atoms with van der Waals surface area (Å²) in [5.74, 6) is -1.34. The molecule has 38 heavy (non-hydrogen) atoms. The third kappa shape index (κ3) is 5.23. The predicted octanol–water partition coefficient (Wildman–Crippen LogP) is 2.34. The minimum atomic E-state index is -1.12. The molecule has 0 aliphatic heterocycles. The van der Waals surface area contributed by atoms with E-state index < -0.39 is 30.8 Å². The molecule has 198 valence electrons. The molecule has 1 atom stereocenters. The summed E-state index contributed by atoms with van der Waals surface area (Å²) in [7, 11) is 2.65. The molecular weight excluding hydrogens is 502 g/mol. The zero-order chi connectivity index (χ0) is 27.2. The summed E-state index contributed by atoms with van der Waals surface area (Å²) < 4.78 is 45.8. The molecule has 0 aliphatic rings. The van der Waals surface area contributed by atoms with Crippen LogP contribution in [0.3, 0.4) is 0 Å². The quantitative estimate of drug-likeness (QED) is 0.169. The van der Waals surface area contributed by atoms with Crippen LogP contribution in [0.2, 0.25) is 0 Å². The predicted molar refractivity (Wildman–Crippen MR) is 134 cm³/mol. The number of aromatic nitrogens is 5. The molecule has 0 saturated carbocycles. The molecule has 0 saturated heterocycles. The van der Waals surface area contributed by atoms with Gasteiger partial charge in [-0.1, -0.05) is 0 Å². The molecule has 0 spiro atoms. The van der Waals surface area contributed by atoms with Crippen molar-refractivity contribution in [1.82, 2.24) is 24.7 Å².